The minimum absolute atomic E-state index is 0.139. The van der Waals surface area contributed by atoms with Crippen molar-refractivity contribution in [1.29, 1.82) is 0 Å². The summed E-state index contributed by atoms with van der Waals surface area (Å²) in [7, 11) is 1.65. The van der Waals surface area contributed by atoms with E-state index in [1.807, 2.05) is 42.5 Å². The summed E-state index contributed by atoms with van der Waals surface area (Å²) in [4.78, 5) is 16.0. The SMILES string of the molecule is CCc1oc(-c2ccc(OC)cc2)nc1CCOc1ccc2c(c1)CCC2OC(C)=O. The van der Waals surface area contributed by atoms with Crippen LogP contribution < -0.4 is 9.47 Å². The quantitative estimate of drug-likeness (QED) is 0.472. The summed E-state index contributed by atoms with van der Waals surface area (Å²) in [6.45, 7) is 4.01. The Morgan fingerprint density at radius 2 is 1.94 bits per heavy atom. The van der Waals surface area contributed by atoms with Gasteiger partial charge in [-0.25, -0.2) is 4.98 Å². The van der Waals surface area contributed by atoms with E-state index in [0.717, 1.165) is 53.3 Å². The highest BCUT2D eigenvalue weighted by Gasteiger charge is 2.25. The van der Waals surface area contributed by atoms with Crippen molar-refractivity contribution in [3.8, 4) is 23.0 Å². The number of nitrogens with zero attached hydrogens (tertiary/aromatic N) is 1. The van der Waals surface area contributed by atoms with Crippen LogP contribution in [0.15, 0.2) is 46.9 Å². The molecule has 6 nitrogen and oxygen atoms in total. The molecule has 1 aliphatic rings. The van der Waals surface area contributed by atoms with Gasteiger partial charge in [0, 0.05) is 25.3 Å². The van der Waals surface area contributed by atoms with Crippen molar-refractivity contribution in [2.24, 2.45) is 0 Å². The fraction of sp³-hybridized carbons (Fsp3) is 0.360. The van der Waals surface area contributed by atoms with Crippen LogP contribution >= 0.6 is 0 Å². The van der Waals surface area contributed by atoms with E-state index in [4.69, 9.17) is 23.6 Å². The smallest absolute Gasteiger partial charge is 0.303 e. The highest BCUT2D eigenvalue weighted by Crippen LogP contribution is 2.36. The lowest BCUT2D eigenvalue weighted by molar-refractivity contribution is -0.146. The van der Waals surface area contributed by atoms with Crippen molar-refractivity contribution in [2.45, 2.75) is 45.6 Å². The molecule has 0 spiro atoms. The Balaban J connectivity index is 1.39. The first-order valence-corrected chi connectivity index (χ1v) is 10.6. The molecule has 1 aromatic heterocycles. The lowest BCUT2D eigenvalue weighted by atomic mass is 10.1. The molecule has 1 unspecified atom stereocenters. The number of benzene rings is 2. The molecule has 0 radical (unpaired) electrons. The molecule has 0 saturated carbocycles. The zero-order valence-corrected chi connectivity index (χ0v) is 18.1. The van der Waals surface area contributed by atoms with Gasteiger partial charge in [-0.15, -0.1) is 0 Å². The van der Waals surface area contributed by atoms with Gasteiger partial charge in [-0.1, -0.05) is 13.0 Å². The van der Waals surface area contributed by atoms with Crippen molar-refractivity contribution in [3.63, 3.8) is 0 Å². The number of ether oxygens (including phenoxy) is 3. The molecule has 0 fully saturated rings. The molecule has 0 bridgehead atoms. The third-order valence-corrected chi connectivity index (χ3v) is 5.49. The number of carbonyl (C=O) groups is 1. The van der Waals surface area contributed by atoms with E-state index in [2.05, 4.69) is 6.92 Å². The molecule has 0 N–H and O–H groups in total. The van der Waals surface area contributed by atoms with Gasteiger partial charge < -0.3 is 18.6 Å². The average molecular weight is 421 g/mol. The van der Waals surface area contributed by atoms with E-state index in [9.17, 15) is 4.79 Å². The van der Waals surface area contributed by atoms with Crippen molar-refractivity contribution in [2.75, 3.05) is 13.7 Å². The summed E-state index contributed by atoms with van der Waals surface area (Å²) < 4.78 is 22.6. The van der Waals surface area contributed by atoms with Crippen LogP contribution in [0.3, 0.4) is 0 Å². The van der Waals surface area contributed by atoms with Crippen LogP contribution in [0.2, 0.25) is 0 Å². The van der Waals surface area contributed by atoms with Gasteiger partial charge in [-0.05, 0) is 60.4 Å². The minimum Gasteiger partial charge on any atom is -0.497 e. The molecule has 2 aromatic carbocycles. The van der Waals surface area contributed by atoms with Crippen molar-refractivity contribution < 1.29 is 23.4 Å². The predicted octanol–water partition coefficient (Wildman–Crippen LogP) is 5.08. The molecule has 1 aliphatic carbocycles. The highest BCUT2D eigenvalue weighted by atomic mass is 16.5. The van der Waals surface area contributed by atoms with Gasteiger partial charge in [0.25, 0.3) is 0 Å². The molecule has 6 heteroatoms. The maximum absolute atomic E-state index is 11.3. The van der Waals surface area contributed by atoms with Gasteiger partial charge in [0.2, 0.25) is 5.89 Å². The van der Waals surface area contributed by atoms with Crippen molar-refractivity contribution >= 4 is 5.97 Å². The first-order valence-electron chi connectivity index (χ1n) is 10.6. The normalized spacial score (nSPS) is 14.9. The number of aromatic nitrogens is 1. The van der Waals surface area contributed by atoms with Gasteiger partial charge in [-0.3, -0.25) is 4.79 Å². The van der Waals surface area contributed by atoms with Crippen LogP contribution in [-0.2, 0) is 28.8 Å². The number of rotatable bonds is 8. The van der Waals surface area contributed by atoms with Crippen molar-refractivity contribution in [3.05, 3.63) is 65.0 Å². The Kier molecular flexibility index (Phi) is 6.26. The predicted molar refractivity (Wildman–Crippen MR) is 116 cm³/mol. The molecule has 3 aromatic rings. The zero-order valence-electron chi connectivity index (χ0n) is 18.1. The molecule has 162 valence electrons. The maximum Gasteiger partial charge on any atom is 0.303 e. The third-order valence-electron chi connectivity index (χ3n) is 5.49. The average Bonchev–Trinajstić information content (AvgIpc) is 3.37. The topological polar surface area (TPSA) is 70.8 Å². The van der Waals surface area contributed by atoms with Crippen molar-refractivity contribution in [1.82, 2.24) is 4.98 Å². The molecular formula is C25H27NO5. The lowest BCUT2D eigenvalue weighted by Crippen LogP contribution is -2.06. The Morgan fingerprint density at radius 1 is 1.16 bits per heavy atom. The van der Waals surface area contributed by atoms with E-state index < -0.39 is 0 Å². The number of hydrogen-bond donors (Lipinski definition) is 0. The van der Waals surface area contributed by atoms with E-state index in [-0.39, 0.29) is 12.1 Å². The van der Waals surface area contributed by atoms with E-state index in [0.29, 0.717) is 18.9 Å². The first kappa shape index (κ1) is 21.0. The van der Waals surface area contributed by atoms with E-state index in [1.165, 1.54) is 12.5 Å². The van der Waals surface area contributed by atoms with E-state index in [1.54, 1.807) is 7.11 Å². The molecule has 1 heterocycles. The Labute approximate surface area is 182 Å². The standard InChI is InChI=1S/C25H27NO5/c1-4-23-22(26-25(31-23)17-5-8-19(28-3)9-6-17)13-14-29-20-10-11-21-18(15-20)7-12-24(21)30-16(2)27/h5-6,8-11,15,24H,4,7,12-14H2,1-3H3. The Hall–Kier alpha value is -3.28. The zero-order chi connectivity index (χ0) is 21.8. The summed E-state index contributed by atoms with van der Waals surface area (Å²) in [5.74, 6) is 2.87. The van der Waals surface area contributed by atoms with Gasteiger partial charge in [0.05, 0.1) is 19.4 Å². The van der Waals surface area contributed by atoms with Gasteiger partial charge >= 0.3 is 5.97 Å². The Bertz CT molecular complexity index is 1050. The summed E-state index contributed by atoms with van der Waals surface area (Å²) in [5.41, 5.74) is 4.10. The molecule has 4 rings (SSSR count). The third kappa shape index (κ3) is 4.74. The van der Waals surface area contributed by atoms with Gasteiger partial charge in [0.15, 0.2) is 0 Å². The molecule has 1 atom stereocenters. The fourth-order valence-corrected chi connectivity index (χ4v) is 3.94. The van der Waals surface area contributed by atoms with E-state index >= 15 is 0 Å². The lowest BCUT2D eigenvalue weighted by Gasteiger charge is -2.12. The maximum atomic E-state index is 11.3. The monoisotopic (exact) mass is 421 g/mol. The highest BCUT2D eigenvalue weighted by molar-refractivity contribution is 5.66. The summed E-state index contributed by atoms with van der Waals surface area (Å²) >= 11 is 0. The van der Waals surface area contributed by atoms with Crippen LogP contribution in [-0.4, -0.2) is 24.7 Å². The Morgan fingerprint density at radius 3 is 2.65 bits per heavy atom. The van der Waals surface area contributed by atoms with Gasteiger partial charge in [-0.2, -0.15) is 0 Å². The number of hydrogen-bond acceptors (Lipinski definition) is 6. The van der Waals surface area contributed by atoms with Crippen LogP contribution in [0.4, 0.5) is 0 Å². The summed E-state index contributed by atoms with van der Waals surface area (Å²) in [6.07, 6.45) is 3.01. The van der Waals surface area contributed by atoms with Crippen LogP contribution in [0.1, 0.15) is 49.0 Å². The van der Waals surface area contributed by atoms with Crippen LogP contribution in [0.25, 0.3) is 11.5 Å². The van der Waals surface area contributed by atoms with Crippen LogP contribution in [0.5, 0.6) is 11.5 Å². The largest absolute Gasteiger partial charge is 0.497 e. The molecule has 31 heavy (non-hydrogen) atoms. The molecule has 0 amide bonds. The number of oxazole rings is 1. The fourth-order valence-electron chi connectivity index (χ4n) is 3.94. The first-order chi connectivity index (χ1) is 15.1. The molecular weight excluding hydrogens is 394 g/mol. The second-order valence-corrected chi connectivity index (χ2v) is 7.57. The second-order valence-electron chi connectivity index (χ2n) is 7.57. The summed E-state index contributed by atoms with van der Waals surface area (Å²) in [5, 5.41) is 0. The number of fused-ring (bicyclic) bond motifs is 1. The minimum atomic E-state index is -0.244. The van der Waals surface area contributed by atoms with Crippen LogP contribution in [0, 0.1) is 0 Å². The number of esters is 1. The molecule has 0 aliphatic heterocycles. The second kappa shape index (κ2) is 9.25. The van der Waals surface area contributed by atoms with Gasteiger partial charge in [0.1, 0.15) is 23.4 Å². The number of methoxy groups -OCH3 is 1. The summed E-state index contributed by atoms with van der Waals surface area (Å²) in [6, 6.07) is 13.7. The molecule has 0 saturated heterocycles. The number of aryl methyl sites for hydroxylation is 2. The number of carbonyl (C=O) groups excluding carboxylic acids is 1.